The van der Waals surface area contributed by atoms with Crippen LogP contribution in [0.5, 0.6) is 0 Å². The molecule has 1 N–H and O–H groups in total. The monoisotopic (exact) mass is 203 g/mol. The van der Waals surface area contributed by atoms with Crippen LogP contribution in [0.1, 0.15) is 12.0 Å². The van der Waals surface area contributed by atoms with Crippen molar-refractivity contribution in [2.75, 3.05) is 6.54 Å². The molecular formula is C12H13NO2. The Labute approximate surface area is 89.2 Å². The third-order valence-electron chi connectivity index (χ3n) is 2.26. The first-order chi connectivity index (χ1) is 7.24. The van der Waals surface area contributed by atoms with E-state index >= 15 is 0 Å². The zero-order valence-corrected chi connectivity index (χ0v) is 8.39. The van der Waals surface area contributed by atoms with Crippen molar-refractivity contribution in [3.05, 3.63) is 47.3 Å². The van der Waals surface area contributed by atoms with Gasteiger partial charge in [-0.15, -0.1) is 0 Å². The molecule has 1 aromatic carbocycles. The molecule has 1 unspecified atom stereocenters. The van der Waals surface area contributed by atoms with Crippen LogP contribution >= 0.6 is 0 Å². The quantitative estimate of drug-likeness (QED) is 0.745. The zero-order valence-electron chi connectivity index (χ0n) is 8.39. The molecule has 78 valence electrons. The van der Waals surface area contributed by atoms with Crippen LogP contribution in [-0.4, -0.2) is 17.6 Å². The van der Waals surface area contributed by atoms with Gasteiger partial charge < -0.3 is 9.95 Å². The first kappa shape index (κ1) is 11.3. The van der Waals surface area contributed by atoms with E-state index in [1.54, 1.807) is 0 Å². The Morgan fingerprint density at radius 1 is 1.40 bits per heavy atom. The number of carboxylic acids is 1. The number of aliphatic carboxylic acids is 1. The van der Waals surface area contributed by atoms with E-state index in [2.05, 4.69) is 4.85 Å². The molecular weight excluding hydrogens is 190 g/mol. The fourth-order valence-electron chi connectivity index (χ4n) is 1.43. The Morgan fingerprint density at radius 3 is 2.60 bits per heavy atom. The smallest absolute Gasteiger partial charge is 0.307 e. The first-order valence-electron chi connectivity index (χ1n) is 4.84. The maximum absolute atomic E-state index is 10.9. The van der Waals surface area contributed by atoms with Gasteiger partial charge >= 0.3 is 5.97 Å². The molecule has 0 amide bonds. The molecule has 0 saturated carbocycles. The number of benzene rings is 1. The summed E-state index contributed by atoms with van der Waals surface area (Å²) in [6, 6.07) is 9.51. The van der Waals surface area contributed by atoms with Crippen LogP contribution in [0, 0.1) is 12.5 Å². The number of rotatable bonds is 5. The van der Waals surface area contributed by atoms with E-state index in [9.17, 15) is 4.79 Å². The zero-order chi connectivity index (χ0) is 11.1. The molecule has 3 nitrogen and oxygen atoms in total. The molecule has 0 aromatic heterocycles. The summed E-state index contributed by atoms with van der Waals surface area (Å²) in [7, 11) is 0. The lowest BCUT2D eigenvalue weighted by molar-refractivity contribution is -0.141. The van der Waals surface area contributed by atoms with E-state index in [1.165, 1.54) is 0 Å². The molecule has 3 heteroatoms. The number of carboxylic acid groups (broad SMARTS) is 1. The van der Waals surface area contributed by atoms with Crippen molar-refractivity contribution in [1.29, 1.82) is 0 Å². The molecule has 0 aliphatic carbocycles. The molecule has 0 spiro atoms. The van der Waals surface area contributed by atoms with Gasteiger partial charge in [0.1, 0.15) is 0 Å². The Bertz CT molecular complexity index is 354. The molecule has 1 aromatic rings. The average molecular weight is 203 g/mol. The second-order valence-electron chi connectivity index (χ2n) is 3.40. The van der Waals surface area contributed by atoms with Gasteiger partial charge in [-0.2, -0.15) is 0 Å². The fraction of sp³-hybridized carbons (Fsp3) is 0.333. The summed E-state index contributed by atoms with van der Waals surface area (Å²) in [5.41, 5.74) is 1.01. The molecule has 0 aliphatic rings. The van der Waals surface area contributed by atoms with E-state index in [4.69, 9.17) is 11.7 Å². The Kier molecular flexibility index (Phi) is 4.36. The van der Waals surface area contributed by atoms with Crippen LogP contribution in [0.4, 0.5) is 0 Å². The van der Waals surface area contributed by atoms with Crippen LogP contribution < -0.4 is 0 Å². The predicted octanol–water partition coefficient (Wildman–Crippen LogP) is 2.24. The molecule has 0 aliphatic heterocycles. The number of carbonyl (C=O) groups is 1. The lowest BCUT2D eigenvalue weighted by Gasteiger charge is -2.08. The van der Waals surface area contributed by atoms with Gasteiger partial charge in [-0.05, 0) is 12.0 Å². The van der Waals surface area contributed by atoms with Crippen LogP contribution in [0.15, 0.2) is 30.3 Å². The van der Waals surface area contributed by atoms with Crippen LogP contribution in [0.3, 0.4) is 0 Å². The van der Waals surface area contributed by atoms with Crippen LogP contribution in [0.25, 0.3) is 4.85 Å². The lowest BCUT2D eigenvalue weighted by Crippen LogP contribution is -2.17. The minimum Gasteiger partial charge on any atom is -0.481 e. The Balaban J connectivity index is 2.60. The van der Waals surface area contributed by atoms with Crippen LogP contribution in [0.2, 0.25) is 0 Å². The molecule has 15 heavy (non-hydrogen) atoms. The van der Waals surface area contributed by atoms with E-state index in [-0.39, 0.29) is 6.54 Å². The lowest BCUT2D eigenvalue weighted by atomic mass is 9.96. The molecule has 0 bridgehead atoms. The molecule has 0 heterocycles. The van der Waals surface area contributed by atoms with E-state index in [1.807, 2.05) is 30.3 Å². The number of hydrogen-bond donors (Lipinski definition) is 1. The van der Waals surface area contributed by atoms with Gasteiger partial charge in [-0.25, -0.2) is 6.57 Å². The first-order valence-corrected chi connectivity index (χ1v) is 4.84. The molecule has 1 atom stereocenters. The maximum Gasteiger partial charge on any atom is 0.307 e. The number of nitrogens with zero attached hydrogens (tertiary/aromatic N) is 1. The van der Waals surface area contributed by atoms with E-state index < -0.39 is 11.9 Å². The standard InChI is InChI=1S/C12H13NO2/c1-13-8-7-11(12(14)15)9-10-5-3-2-4-6-10/h2-6,11H,7-9H2,(H,14,15). The van der Waals surface area contributed by atoms with Gasteiger partial charge in [0, 0.05) is 6.42 Å². The van der Waals surface area contributed by atoms with Crippen molar-refractivity contribution in [3.8, 4) is 0 Å². The molecule has 0 fully saturated rings. The van der Waals surface area contributed by atoms with Crippen LogP contribution in [-0.2, 0) is 11.2 Å². The van der Waals surface area contributed by atoms with E-state index in [0.717, 1.165) is 5.56 Å². The summed E-state index contributed by atoms with van der Waals surface area (Å²) in [6.45, 7) is 6.93. The molecule has 1 rings (SSSR count). The topological polar surface area (TPSA) is 41.7 Å². The Hall–Kier alpha value is -1.82. The second-order valence-corrected chi connectivity index (χ2v) is 3.40. The van der Waals surface area contributed by atoms with Gasteiger partial charge in [0.2, 0.25) is 6.54 Å². The predicted molar refractivity (Wildman–Crippen MR) is 57.4 cm³/mol. The van der Waals surface area contributed by atoms with Crippen molar-refractivity contribution in [2.24, 2.45) is 5.92 Å². The summed E-state index contributed by atoms with van der Waals surface area (Å²) in [6.07, 6.45) is 0.930. The molecule has 0 saturated heterocycles. The number of hydrogen-bond acceptors (Lipinski definition) is 1. The van der Waals surface area contributed by atoms with Crippen molar-refractivity contribution < 1.29 is 9.90 Å². The Morgan fingerprint density at radius 2 is 2.07 bits per heavy atom. The fourth-order valence-corrected chi connectivity index (χ4v) is 1.43. The third-order valence-corrected chi connectivity index (χ3v) is 2.26. The second kappa shape index (κ2) is 5.82. The summed E-state index contributed by atoms with van der Waals surface area (Å²) in [5.74, 6) is -1.26. The van der Waals surface area contributed by atoms with E-state index in [0.29, 0.717) is 12.8 Å². The highest BCUT2D eigenvalue weighted by atomic mass is 16.4. The minimum absolute atomic E-state index is 0.282. The summed E-state index contributed by atoms with van der Waals surface area (Å²) >= 11 is 0. The maximum atomic E-state index is 10.9. The third kappa shape index (κ3) is 3.82. The largest absolute Gasteiger partial charge is 0.481 e. The van der Waals surface area contributed by atoms with Crippen molar-refractivity contribution in [1.82, 2.24) is 0 Å². The molecule has 0 radical (unpaired) electrons. The van der Waals surface area contributed by atoms with Crippen molar-refractivity contribution in [2.45, 2.75) is 12.8 Å². The summed E-state index contributed by atoms with van der Waals surface area (Å²) in [5, 5.41) is 8.96. The van der Waals surface area contributed by atoms with Gasteiger partial charge in [0.25, 0.3) is 0 Å². The van der Waals surface area contributed by atoms with Gasteiger partial charge in [0.05, 0.1) is 5.92 Å². The SMILES string of the molecule is [C-]#[N+]CCC(Cc1ccccc1)C(=O)O. The van der Waals surface area contributed by atoms with Gasteiger partial charge in [-0.1, -0.05) is 30.3 Å². The normalized spacial score (nSPS) is 11.7. The van der Waals surface area contributed by atoms with Crippen molar-refractivity contribution in [3.63, 3.8) is 0 Å². The minimum atomic E-state index is -0.817. The summed E-state index contributed by atoms with van der Waals surface area (Å²) in [4.78, 5) is 14.1. The highest BCUT2D eigenvalue weighted by Gasteiger charge is 2.18. The summed E-state index contributed by atoms with van der Waals surface area (Å²) < 4.78 is 0. The average Bonchev–Trinajstić information content (AvgIpc) is 2.25. The highest BCUT2D eigenvalue weighted by Crippen LogP contribution is 2.12. The van der Waals surface area contributed by atoms with Gasteiger partial charge in [-0.3, -0.25) is 4.79 Å². The highest BCUT2D eigenvalue weighted by molar-refractivity contribution is 5.70. The van der Waals surface area contributed by atoms with Crippen molar-refractivity contribution >= 4 is 5.97 Å². The van der Waals surface area contributed by atoms with Gasteiger partial charge in [0.15, 0.2) is 0 Å².